The van der Waals surface area contributed by atoms with Crippen LogP contribution in [-0.2, 0) is 0 Å². The van der Waals surface area contributed by atoms with Crippen molar-refractivity contribution in [2.45, 2.75) is 91.1 Å². The van der Waals surface area contributed by atoms with E-state index in [1.807, 2.05) is 48.5 Å². The van der Waals surface area contributed by atoms with Crippen LogP contribution in [0, 0.1) is 0 Å². The molecule has 5 aromatic carbocycles. The largest absolute Gasteiger partial charge is 0.271 e. The highest BCUT2D eigenvalue weighted by Crippen LogP contribution is 2.54. The van der Waals surface area contributed by atoms with Gasteiger partial charge in [0, 0.05) is 72.4 Å². The third kappa shape index (κ3) is 6.44. The quantitative estimate of drug-likeness (QED) is 0.0600. The van der Waals surface area contributed by atoms with Crippen molar-refractivity contribution < 1.29 is 19.2 Å². The number of carbonyl (C=O) groups is 4. The highest BCUT2D eigenvalue weighted by molar-refractivity contribution is 6.44. The summed E-state index contributed by atoms with van der Waals surface area (Å²) in [6.45, 7) is 8.36. The highest BCUT2D eigenvalue weighted by Gasteiger charge is 2.44. The van der Waals surface area contributed by atoms with Crippen LogP contribution in [0.3, 0.4) is 0 Å². The summed E-state index contributed by atoms with van der Waals surface area (Å²) in [6.07, 6.45) is 19.7. The second-order valence-corrected chi connectivity index (χ2v) is 18.3. The Bertz CT molecular complexity index is 3040. The lowest BCUT2D eigenvalue weighted by Crippen LogP contribution is -2.47. The van der Waals surface area contributed by atoms with Gasteiger partial charge in [0.1, 0.15) is 0 Å². The van der Waals surface area contributed by atoms with Gasteiger partial charge in [-0.25, -0.2) is 0 Å². The van der Waals surface area contributed by atoms with Crippen molar-refractivity contribution in [2.24, 2.45) is 0 Å². The first-order valence-corrected chi connectivity index (χ1v) is 24.0. The van der Waals surface area contributed by atoms with Gasteiger partial charge < -0.3 is 0 Å². The lowest BCUT2D eigenvalue weighted by molar-refractivity contribution is 0.0506. The molecule has 0 aliphatic carbocycles. The zero-order valence-corrected chi connectivity index (χ0v) is 38.7. The molecule has 10 nitrogen and oxygen atoms in total. The summed E-state index contributed by atoms with van der Waals surface area (Å²) < 4.78 is 0. The molecule has 68 heavy (non-hydrogen) atoms. The number of benzene rings is 5. The minimum absolute atomic E-state index is 0.303. The van der Waals surface area contributed by atoms with E-state index >= 15 is 19.2 Å². The fourth-order valence-corrected chi connectivity index (χ4v) is 11.5. The molecule has 2 aliphatic heterocycles. The summed E-state index contributed by atoms with van der Waals surface area (Å²) in [5, 5.41) is 5.92. The predicted octanol–water partition coefficient (Wildman–Crippen LogP) is 13.1. The fourth-order valence-electron chi connectivity index (χ4n) is 11.5. The van der Waals surface area contributed by atoms with Crippen molar-refractivity contribution in [3.8, 4) is 44.5 Å². The van der Waals surface area contributed by atoms with Crippen LogP contribution in [0.4, 0.5) is 0 Å². The van der Waals surface area contributed by atoms with Crippen LogP contribution in [-0.4, -0.2) is 65.4 Å². The number of amides is 4. The van der Waals surface area contributed by atoms with Gasteiger partial charge in [0.05, 0.1) is 22.3 Å². The minimum atomic E-state index is -0.318. The van der Waals surface area contributed by atoms with E-state index in [1.165, 1.54) is 0 Å². The number of aromatic nitrogens is 4. The van der Waals surface area contributed by atoms with Gasteiger partial charge in [-0.05, 0) is 175 Å². The zero-order valence-electron chi connectivity index (χ0n) is 38.7. The third-order valence-electron chi connectivity index (χ3n) is 14.3. The highest BCUT2D eigenvalue weighted by atomic mass is 16.2. The van der Waals surface area contributed by atoms with E-state index < -0.39 is 0 Å². The Labute approximate surface area is 394 Å². The molecule has 4 amide bonds. The van der Waals surface area contributed by atoms with Crippen LogP contribution >= 0.6 is 0 Å². The first kappa shape index (κ1) is 42.9. The Balaban J connectivity index is 1.40. The standard InChI is InChI=1S/C58H50N6O4/c1-5-9-37(10-6-2)63-55(65)49-39(33-13-21-59-22-14-33)29-43-45-31-41(35-17-25-61-26-18-35)51-54-48(45)46(44-30-40(34-15-23-60-24-16-34)50(56(63)66)53(49)47(43)44)32-42(36-19-27-62-28-20-36)52(54)58(68)64(57(51)67)38(11-7-3)12-8-4/h13-32,37-38H,5-12H2,1-4H3. The first-order valence-electron chi connectivity index (χ1n) is 24.0. The molecule has 0 unspecified atom stereocenters. The van der Waals surface area contributed by atoms with Crippen molar-refractivity contribution in [3.63, 3.8) is 0 Å². The summed E-state index contributed by atoms with van der Waals surface area (Å²) in [5.41, 5.74) is 7.70. The molecular weight excluding hydrogens is 845 g/mol. The Morgan fingerprint density at radius 2 is 0.574 bits per heavy atom. The summed E-state index contributed by atoms with van der Waals surface area (Å²) in [5.74, 6) is -1.27. The predicted molar refractivity (Wildman–Crippen MR) is 269 cm³/mol. The van der Waals surface area contributed by atoms with Crippen LogP contribution in [0.25, 0.3) is 87.6 Å². The van der Waals surface area contributed by atoms with Crippen molar-refractivity contribution >= 4 is 66.7 Å². The topological polar surface area (TPSA) is 126 Å². The van der Waals surface area contributed by atoms with Gasteiger partial charge in [0.2, 0.25) is 0 Å². The monoisotopic (exact) mass is 894 g/mol. The van der Waals surface area contributed by atoms with E-state index in [2.05, 4.69) is 71.9 Å². The molecule has 4 aromatic heterocycles. The second kappa shape index (κ2) is 17.2. The number of hydrogen-bond acceptors (Lipinski definition) is 8. The molecule has 2 aliphatic rings. The van der Waals surface area contributed by atoms with Crippen LogP contribution in [0.5, 0.6) is 0 Å². The Morgan fingerprint density at radius 3 is 0.779 bits per heavy atom. The minimum Gasteiger partial charge on any atom is -0.271 e. The molecule has 0 radical (unpaired) electrons. The van der Waals surface area contributed by atoms with Crippen molar-refractivity contribution in [2.75, 3.05) is 0 Å². The first-order chi connectivity index (χ1) is 33.3. The van der Waals surface area contributed by atoms with Crippen LogP contribution in [0.1, 0.15) is 120 Å². The number of carbonyl (C=O) groups excluding carboxylic acids is 4. The van der Waals surface area contributed by atoms with E-state index in [4.69, 9.17) is 0 Å². The molecular formula is C58H50N6O4. The SMILES string of the molecule is CCCC(CCC)N1C(=O)c2c(-c3ccncc3)cc3c4cc(-c5ccncc5)c5c6c(c(-c7ccncc7)cc(c7cc(-c8ccncc8)c(c2c37)C1=O)c64)C(=O)N(C(CCC)CCC)C5=O. The molecule has 0 atom stereocenters. The summed E-state index contributed by atoms with van der Waals surface area (Å²) >= 11 is 0. The third-order valence-corrected chi connectivity index (χ3v) is 14.3. The molecule has 0 N–H and O–H groups in total. The van der Waals surface area contributed by atoms with E-state index in [-0.39, 0.29) is 35.7 Å². The molecule has 0 fully saturated rings. The molecule has 0 saturated carbocycles. The number of rotatable bonds is 14. The number of nitrogens with zero attached hydrogens (tertiary/aromatic N) is 6. The van der Waals surface area contributed by atoms with E-state index in [0.29, 0.717) is 81.0 Å². The van der Waals surface area contributed by atoms with Crippen molar-refractivity contribution in [1.82, 2.24) is 29.7 Å². The van der Waals surface area contributed by atoms with Gasteiger partial charge >= 0.3 is 0 Å². The molecule has 11 rings (SSSR count). The number of imide groups is 2. The fraction of sp³-hybridized carbons (Fsp3) is 0.241. The lowest BCUT2D eigenvalue weighted by atomic mass is 9.75. The second-order valence-electron chi connectivity index (χ2n) is 18.3. The summed E-state index contributed by atoms with van der Waals surface area (Å²) in [7, 11) is 0. The molecule has 9 aromatic rings. The molecule has 0 saturated heterocycles. The van der Waals surface area contributed by atoms with Gasteiger partial charge in [-0.3, -0.25) is 48.9 Å². The maximum Gasteiger partial charge on any atom is 0.262 e. The molecule has 0 bridgehead atoms. The average molecular weight is 895 g/mol. The maximum absolute atomic E-state index is 15.7. The average Bonchev–Trinajstić information content (AvgIpc) is 3.37. The Kier molecular flexibility index (Phi) is 10.8. The molecule has 6 heterocycles. The summed E-state index contributed by atoms with van der Waals surface area (Å²) in [6, 6.07) is 23.0. The van der Waals surface area contributed by atoms with Crippen LogP contribution < -0.4 is 0 Å². The Morgan fingerprint density at radius 1 is 0.353 bits per heavy atom. The maximum atomic E-state index is 15.7. The lowest BCUT2D eigenvalue weighted by Gasteiger charge is -2.37. The van der Waals surface area contributed by atoms with Crippen LogP contribution in [0.15, 0.2) is 122 Å². The van der Waals surface area contributed by atoms with Gasteiger partial charge in [-0.2, -0.15) is 0 Å². The number of hydrogen-bond donors (Lipinski definition) is 0. The normalized spacial score (nSPS) is 13.8. The van der Waals surface area contributed by atoms with Gasteiger partial charge in [-0.1, -0.05) is 53.4 Å². The van der Waals surface area contributed by atoms with Gasteiger partial charge in [0.25, 0.3) is 23.6 Å². The number of fused-ring (bicyclic) bond motifs is 2. The van der Waals surface area contributed by atoms with E-state index in [9.17, 15) is 0 Å². The summed E-state index contributed by atoms with van der Waals surface area (Å²) in [4.78, 5) is 83.2. The van der Waals surface area contributed by atoms with Crippen LogP contribution in [0.2, 0.25) is 0 Å². The molecule has 0 spiro atoms. The molecule has 336 valence electrons. The Hall–Kier alpha value is -7.72. The smallest absolute Gasteiger partial charge is 0.262 e. The van der Waals surface area contributed by atoms with Gasteiger partial charge in [0.15, 0.2) is 0 Å². The van der Waals surface area contributed by atoms with Crippen molar-refractivity contribution in [1.29, 1.82) is 0 Å². The van der Waals surface area contributed by atoms with E-state index in [1.54, 1.807) is 59.4 Å². The van der Waals surface area contributed by atoms with Gasteiger partial charge in [-0.15, -0.1) is 0 Å². The zero-order chi connectivity index (χ0) is 46.8. The number of pyridine rings is 4. The van der Waals surface area contributed by atoms with Crippen molar-refractivity contribution in [3.05, 3.63) is 145 Å². The molecule has 10 heteroatoms. The van der Waals surface area contributed by atoms with E-state index in [0.717, 1.165) is 80.3 Å².